The minimum Gasteiger partial charge on any atom is -0.299 e. The molecule has 2 fully saturated rings. The molecule has 1 aliphatic heterocycles. The summed E-state index contributed by atoms with van der Waals surface area (Å²) in [4.78, 5) is 2.37. The number of nitrogens with one attached hydrogen (secondary N) is 1. The lowest BCUT2D eigenvalue weighted by molar-refractivity contribution is 0.259. The predicted molar refractivity (Wildman–Crippen MR) is 69.4 cm³/mol. The lowest BCUT2D eigenvalue weighted by Gasteiger charge is -2.24. The highest BCUT2D eigenvalue weighted by atomic mass is 32.2. The predicted octanol–water partition coefficient (Wildman–Crippen LogP) is 1.33. The molecule has 5 heteroatoms. The van der Waals surface area contributed by atoms with E-state index >= 15 is 0 Å². The van der Waals surface area contributed by atoms with Crippen molar-refractivity contribution in [1.29, 1.82) is 0 Å². The van der Waals surface area contributed by atoms with Gasteiger partial charge in [-0.1, -0.05) is 12.8 Å². The third-order valence-corrected chi connectivity index (χ3v) is 6.00. The summed E-state index contributed by atoms with van der Waals surface area (Å²) in [6.45, 7) is 4.92. The molecule has 0 radical (unpaired) electrons. The molecule has 1 aliphatic carbocycles. The molecule has 100 valence electrons. The van der Waals surface area contributed by atoms with Crippen molar-refractivity contribution in [2.75, 3.05) is 19.6 Å². The van der Waals surface area contributed by atoms with Crippen LogP contribution in [0.2, 0.25) is 0 Å². The van der Waals surface area contributed by atoms with Crippen LogP contribution in [-0.4, -0.2) is 44.2 Å². The topological polar surface area (TPSA) is 49.4 Å². The first kappa shape index (κ1) is 13.3. The van der Waals surface area contributed by atoms with Gasteiger partial charge in [0.1, 0.15) is 0 Å². The molecule has 0 aromatic heterocycles. The van der Waals surface area contributed by atoms with Gasteiger partial charge in [-0.3, -0.25) is 4.90 Å². The molecule has 0 spiro atoms. The van der Waals surface area contributed by atoms with Gasteiger partial charge in [0.2, 0.25) is 10.0 Å². The SMILES string of the molecule is CC(CNS(=O)(=O)C1CCCC1)N1CCCC1. The summed E-state index contributed by atoms with van der Waals surface area (Å²) in [6, 6.07) is 0.327. The Hall–Kier alpha value is -0.130. The summed E-state index contributed by atoms with van der Waals surface area (Å²) in [7, 11) is -3.06. The number of hydrogen-bond donors (Lipinski definition) is 1. The molecule has 0 amide bonds. The number of likely N-dealkylation sites (tertiary alicyclic amines) is 1. The first-order valence-electron chi connectivity index (χ1n) is 6.82. The van der Waals surface area contributed by atoms with Crippen LogP contribution in [0.4, 0.5) is 0 Å². The molecule has 17 heavy (non-hydrogen) atoms. The van der Waals surface area contributed by atoms with E-state index in [1.165, 1.54) is 12.8 Å². The molecule has 1 heterocycles. The van der Waals surface area contributed by atoms with Crippen LogP contribution in [0.5, 0.6) is 0 Å². The van der Waals surface area contributed by atoms with E-state index in [9.17, 15) is 8.42 Å². The van der Waals surface area contributed by atoms with Crippen molar-refractivity contribution in [3.63, 3.8) is 0 Å². The molecule has 2 aliphatic rings. The summed E-state index contributed by atoms with van der Waals surface area (Å²) < 4.78 is 26.9. The van der Waals surface area contributed by atoms with Crippen LogP contribution in [0, 0.1) is 0 Å². The average molecular weight is 260 g/mol. The maximum absolute atomic E-state index is 12.0. The van der Waals surface area contributed by atoms with Gasteiger partial charge in [-0.15, -0.1) is 0 Å². The van der Waals surface area contributed by atoms with E-state index in [-0.39, 0.29) is 5.25 Å². The molecule has 0 aromatic carbocycles. The molecule has 0 bridgehead atoms. The molecular weight excluding hydrogens is 236 g/mol. The summed E-state index contributed by atoms with van der Waals surface area (Å²) in [6.07, 6.45) is 6.31. The van der Waals surface area contributed by atoms with Crippen molar-refractivity contribution in [3.05, 3.63) is 0 Å². The Balaban J connectivity index is 1.80. The summed E-state index contributed by atoms with van der Waals surface area (Å²) in [5.41, 5.74) is 0. The minimum absolute atomic E-state index is 0.131. The Kier molecular flexibility index (Phi) is 4.44. The van der Waals surface area contributed by atoms with Crippen molar-refractivity contribution < 1.29 is 8.42 Å². The van der Waals surface area contributed by atoms with Crippen molar-refractivity contribution >= 4 is 10.0 Å². The molecule has 1 unspecified atom stereocenters. The Morgan fingerprint density at radius 3 is 2.35 bits per heavy atom. The normalized spacial score (nSPS) is 25.5. The van der Waals surface area contributed by atoms with E-state index < -0.39 is 10.0 Å². The van der Waals surface area contributed by atoms with Crippen LogP contribution >= 0.6 is 0 Å². The van der Waals surface area contributed by atoms with Gasteiger partial charge >= 0.3 is 0 Å². The van der Waals surface area contributed by atoms with Gasteiger partial charge in [0.05, 0.1) is 5.25 Å². The van der Waals surface area contributed by atoms with Crippen LogP contribution in [0.1, 0.15) is 45.4 Å². The molecule has 1 atom stereocenters. The highest BCUT2D eigenvalue weighted by Gasteiger charge is 2.29. The van der Waals surface area contributed by atoms with E-state index in [0.29, 0.717) is 12.6 Å². The number of rotatable bonds is 5. The second-order valence-corrected chi connectivity index (χ2v) is 7.44. The maximum atomic E-state index is 12.0. The van der Waals surface area contributed by atoms with Gasteiger partial charge in [-0.2, -0.15) is 0 Å². The fourth-order valence-electron chi connectivity index (χ4n) is 2.86. The molecular formula is C12H24N2O2S. The average Bonchev–Trinajstić information content (AvgIpc) is 2.97. The third kappa shape index (κ3) is 3.42. The van der Waals surface area contributed by atoms with E-state index in [4.69, 9.17) is 0 Å². The van der Waals surface area contributed by atoms with Gasteiger partial charge in [-0.05, 0) is 45.7 Å². The smallest absolute Gasteiger partial charge is 0.214 e. The van der Waals surface area contributed by atoms with Crippen molar-refractivity contribution in [1.82, 2.24) is 9.62 Å². The molecule has 2 rings (SSSR count). The maximum Gasteiger partial charge on any atom is 0.214 e. The Morgan fingerprint density at radius 1 is 1.18 bits per heavy atom. The molecule has 1 saturated heterocycles. The number of sulfonamides is 1. The van der Waals surface area contributed by atoms with E-state index in [1.54, 1.807) is 0 Å². The lowest BCUT2D eigenvalue weighted by Crippen LogP contribution is -2.43. The molecule has 1 saturated carbocycles. The number of nitrogens with zero attached hydrogens (tertiary/aromatic N) is 1. The van der Waals surface area contributed by atoms with E-state index in [2.05, 4.69) is 16.5 Å². The van der Waals surface area contributed by atoms with Gasteiger partial charge in [0.15, 0.2) is 0 Å². The second kappa shape index (κ2) is 5.67. The van der Waals surface area contributed by atoms with Crippen molar-refractivity contribution in [2.45, 2.75) is 56.7 Å². The fraction of sp³-hybridized carbons (Fsp3) is 1.00. The second-order valence-electron chi connectivity index (χ2n) is 5.39. The first-order chi connectivity index (χ1) is 8.09. The Bertz CT molecular complexity index is 330. The van der Waals surface area contributed by atoms with Gasteiger partial charge in [0, 0.05) is 12.6 Å². The zero-order valence-electron chi connectivity index (χ0n) is 10.7. The van der Waals surface area contributed by atoms with Crippen molar-refractivity contribution in [3.8, 4) is 0 Å². The van der Waals surface area contributed by atoms with Gasteiger partial charge in [-0.25, -0.2) is 13.1 Å². The van der Waals surface area contributed by atoms with E-state index in [1.807, 2.05) is 0 Å². The largest absolute Gasteiger partial charge is 0.299 e. The van der Waals surface area contributed by atoms with Crippen molar-refractivity contribution in [2.24, 2.45) is 0 Å². The molecule has 4 nitrogen and oxygen atoms in total. The van der Waals surface area contributed by atoms with Gasteiger partial charge in [0.25, 0.3) is 0 Å². The van der Waals surface area contributed by atoms with Crippen LogP contribution in [0.15, 0.2) is 0 Å². The minimum atomic E-state index is -3.06. The lowest BCUT2D eigenvalue weighted by atomic mass is 10.3. The quantitative estimate of drug-likeness (QED) is 0.811. The zero-order chi connectivity index (χ0) is 12.3. The highest BCUT2D eigenvalue weighted by molar-refractivity contribution is 7.90. The number of hydrogen-bond acceptors (Lipinski definition) is 3. The molecule has 0 aromatic rings. The van der Waals surface area contributed by atoms with Crippen LogP contribution < -0.4 is 4.72 Å². The van der Waals surface area contributed by atoms with Crippen LogP contribution in [0.3, 0.4) is 0 Å². The summed E-state index contributed by atoms with van der Waals surface area (Å²) >= 11 is 0. The third-order valence-electron chi connectivity index (χ3n) is 4.08. The fourth-order valence-corrected chi connectivity index (χ4v) is 4.53. The van der Waals surface area contributed by atoms with Gasteiger partial charge < -0.3 is 0 Å². The Morgan fingerprint density at radius 2 is 1.76 bits per heavy atom. The standard InChI is InChI=1S/C12H24N2O2S/c1-11(14-8-4-5-9-14)10-13-17(15,16)12-6-2-3-7-12/h11-13H,2-10H2,1H3. The van der Waals surface area contributed by atoms with Crippen LogP contribution in [-0.2, 0) is 10.0 Å². The Labute approximate surface area is 105 Å². The monoisotopic (exact) mass is 260 g/mol. The first-order valence-corrected chi connectivity index (χ1v) is 8.37. The van der Waals surface area contributed by atoms with E-state index in [0.717, 1.165) is 38.8 Å². The summed E-state index contributed by atoms with van der Waals surface area (Å²) in [5, 5.41) is -0.131. The summed E-state index contributed by atoms with van der Waals surface area (Å²) in [5.74, 6) is 0. The zero-order valence-corrected chi connectivity index (χ0v) is 11.5. The molecule has 1 N–H and O–H groups in total. The highest BCUT2D eigenvalue weighted by Crippen LogP contribution is 2.24. The van der Waals surface area contributed by atoms with Crippen LogP contribution in [0.25, 0.3) is 0 Å².